The van der Waals surface area contributed by atoms with Crippen molar-refractivity contribution in [1.29, 1.82) is 0 Å². The van der Waals surface area contributed by atoms with Crippen molar-refractivity contribution in [2.75, 3.05) is 0 Å². The number of nitrogens with zero attached hydrogens (tertiary/aromatic N) is 2. The smallest absolute Gasteiger partial charge is 0.0430 e. The normalized spacial score (nSPS) is 25.4. The van der Waals surface area contributed by atoms with E-state index in [-0.39, 0.29) is 0 Å². The van der Waals surface area contributed by atoms with Crippen molar-refractivity contribution in [2.24, 2.45) is 0 Å². The highest BCUT2D eigenvalue weighted by Gasteiger charge is 2.40. The minimum absolute atomic E-state index is 0.632. The molecular formula is C20H25N3. The van der Waals surface area contributed by atoms with Crippen LogP contribution in [0.25, 0.3) is 0 Å². The van der Waals surface area contributed by atoms with Gasteiger partial charge in [-0.05, 0) is 24.0 Å². The average Bonchev–Trinajstić information content (AvgIpc) is 2.95. The van der Waals surface area contributed by atoms with Gasteiger partial charge >= 0.3 is 0 Å². The molecule has 23 heavy (non-hydrogen) atoms. The third-order valence-electron chi connectivity index (χ3n) is 5.14. The predicted molar refractivity (Wildman–Crippen MR) is 93.1 cm³/mol. The van der Waals surface area contributed by atoms with E-state index in [0.717, 1.165) is 13.1 Å². The van der Waals surface area contributed by atoms with Crippen LogP contribution in [0.1, 0.15) is 36.8 Å². The van der Waals surface area contributed by atoms with Crippen LogP contribution in [0.15, 0.2) is 60.7 Å². The molecule has 1 saturated carbocycles. The van der Waals surface area contributed by atoms with Gasteiger partial charge in [-0.2, -0.15) is 5.53 Å². The second-order valence-corrected chi connectivity index (χ2v) is 6.75. The van der Waals surface area contributed by atoms with E-state index in [1.807, 2.05) is 0 Å². The molecule has 1 aliphatic carbocycles. The maximum atomic E-state index is 3.70. The lowest BCUT2D eigenvalue weighted by molar-refractivity contribution is 0.0847. The van der Waals surface area contributed by atoms with Crippen LogP contribution in [-0.2, 0) is 13.1 Å². The van der Waals surface area contributed by atoms with Crippen LogP contribution in [0.5, 0.6) is 0 Å². The molecule has 1 heterocycles. The third-order valence-corrected chi connectivity index (χ3v) is 5.14. The number of nitrogens with one attached hydrogen (secondary N) is 1. The number of benzene rings is 2. The van der Waals surface area contributed by atoms with Crippen molar-refractivity contribution < 1.29 is 0 Å². The Morgan fingerprint density at radius 1 is 0.696 bits per heavy atom. The second kappa shape index (κ2) is 6.83. The van der Waals surface area contributed by atoms with Gasteiger partial charge < -0.3 is 0 Å². The summed E-state index contributed by atoms with van der Waals surface area (Å²) in [5, 5.41) is 4.92. The van der Waals surface area contributed by atoms with Crippen molar-refractivity contribution in [3.8, 4) is 0 Å². The van der Waals surface area contributed by atoms with E-state index in [9.17, 15) is 0 Å². The van der Waals surface area contributed by atoms with E-state index in [4.69, 9.17) is 0 Å². The van der Waals surface area contributed by atoms with Crippen LogP contribution in [0.2, 0.25) is 0 Å². The molecule has 0 radical (unpaired) electrons. The first-order valence-corrected chi connectivity index (χ1v) is 8.77. The summed E-state index contributed by atoms with van der Waals surface area (Å²) in [5.41, 5.74) is 6.46. The van der Waals surface area contributed by atoms with E-state index in [0.29, 0.717) is 12.1 Å². The molecule has 1 saturated heterocycles. The largest absolute Gasteiger partial charge is 0.222 e. The summed E-state index contributed by atoms with van der Waals surface area (Å²) in [5.74, 6) is 0. The molecule has 2 aromatic rings. The fourth-order valence-corrected chi connectivity index (χ4v) is 4.00. The molecule has 0 amide bonds. The molecule has 2 aromatic carbocycles. The number of hydrazine groups is 2. The molecule has 0 bridgehead atoms. The Morgan fingerprint density at radius 2 is 1.13 bits per heavy atom. The van der Waals surface area contributed by atoms with Crippen LogP contribution < -0.4 is 5.53 Å². The second-order valence-electron chi connectivity index (χ2n) is 6.75. The highest BCUT2D eigenvalue weighted by atomic mass is 15.8. The summed E-state index contributed by atoms with van der Waals surface area (Å²) in [6, 6.07) is 22.9. The Labute approximate surface area is 138 Å². The fourth-order valence-electron chi connectivity index (χ4n) is 4.00. The van der Waals surface area contributed by atoms with Gasteiger partial charge in [0.15, 0.2) is 0 Å². The van der Waals surface area contributed by atoms with Gasteiger partial charge in [0.25, 0.3) is 0 Å². The van der Waals surface area contributed by atoms with Crippen molar-refractivity contribution in [2.45, 2.75) is 50.9 Å². The zero-order valence-corrected chi connectivity index (χ0v) is 13.6. The fraction of sp³-hybridized carbons (Fsp3) is 0.400. The molecule has 3 heteroatoms. The van der Waals surface area contributed by atoms with Gasteiger partial charge in [-0.3, -0.25) is 0 Å². The zero-order valence-electron chi connectivity index (χ0n) is 13.6. The van der Waals surface area contributed by atoms with E-state index in [1.165, 1.54) is 36.8 Å². The Kier molecular flexibility index (Phi) is 4.42. The molecule has 2 fully saturated rings. The molecule has 3 nitrogen and oxygen atoms in total. The van der Waals surface area contributed by atoms with Crippen molar-refractivity contribution in [3.05, 3.63) is 71.8 Å². The van der Waals surface area contributed by atoms with Crippen LogP contribution in [0.4, 0.5) is 0 Å². The Hall–Kier alpha value is -1.68. The maximum Gasteiger partial charge on any atom is 0.0430 e. The first-order chi connectivity index (χ1) is 11.4. The Bertz CT molecular complexity index is 558. The highest BCUT2D eigenvalue weighted by molar-refractivity contribution is 5.16. The van der Waals surface area contributed by atoms with E-state index in [2.05, 4.69) is 76.2 Å². The number of hydrogen-bond donors (Lipinski definition) is 1. The van der Waals surface area contributed by atoms with Gasteiger partial charge in [0, 0.05) is 25.2 Å². The first-order valence-electron chi connectivity index (χ1n) is 8.77. The molecule has 0 spiro atoms. The van der Waals surface area contributed by atoms with Gasteiger partial charge in [-0.25, -0.2) is 10.0 Å². The van der Waals surface area contributed by atoms with Crippen LogP contribution in [0.3, 0.4) is 0 Å². The van der Waals surface area contributed by atoms with Crippen LogP contribution >= 0.6 is 0 Å². The SMILES string of the molecule is c1ccc(CN2NN(Cc3ccccc3)[C@@H]3CCCC[C@H]32)cc1. The summed E-state index contributed by atoms with van der Waals surface area (Å²) in [4.78, 5) is 0. The Morgan fingerprint density at radius 3 is 1.57 bits per heavy atom. The van der Waals surface area contributed by atoms with Crippen LogP contribution in [-0.4, -0.2) is 22.1 Å². The quantitative estimate of drug-likeness (QED) is 0.928. The van der Waals surface area contributed by atoms with E-state index >= 15 is 0 Å². The van der Waals surface area contributed by atoms with Gasteiger partial charge in [-0.1, -0.05) is 73.5 Å². The minimum Gasteiger partial charge on any atom is -0.222 e. The molecule has 4 rings (SSSR count). The summed E-state index contributed by atoms with van der Waals surface area (Å²) in [7, 11) is 0. The standard InChI is InChI=1S/C20H25N3/c1-3-9-17(10-4-1)15-22-19-13-7-8-14-20(19)23(21-22)16-18-11-5-2-6-12-18/h1-6,9-12,19-21H,7-8,13-16H2/t19-,20-/m1/s1. The molecule has 0 unspecified atom stereocenters. The molecule has 2 atom stereocenters. The van der Waals surface area contributed by atoms with E-state index < -0.39 is 0 Å². The highest BCUT2D eigenvalue weighted by Crippen LogP contribution is 2.32. The molecule has 1 aliphatic heterocycles. The number of fused-ring (bicyclic) bond motifs is 1. The topological polar surface area (TPSA) is 18.5 Å². The number of rotatable bonds is 4. The van der Waals surface area contributed by atoms with Gasteiger partial charge in [-0.15, -0.1) is 0 Å². The molecule has 1 N–H and O–H groups in total. The van der Waals surface area contributed by atoms with Crippen molar-refractivity contribution in [1.82, 2.24) is 15.6 Å². The van der Waals surface area contributed by atoms with Gasteiger partial charge in [0.1, 0.15) is 0 Å². The number of hydrogen-bond acceptors (Lipinski definition) is 3. The lowest BCUT2D eigenvalue weighted by Gasteiger charge is -2.30. The summed E-state index contributed by atoms with van der Waals surface area (Å²) in [6.45, 7) is 1.96. The van der Waals surface area contributed by atoms with Crippen molar-refractivity contribution in [3.63, 3.8) is 0 Å². The molecular weight excluding hydrogens is 282 g/mol. The monoisotopic (exact) mass is 307 g/mol. The zero-order chi connectivity index (χ0) is 15.5. The average molecular weight is 307 g/mol. The van der Waals surface area contributed by atoms with E-state index in [1.54, 1.807) is 0 Å². The summed E-state index contributed by atoms with van der Waals surface area (Å²) >= 11 is 0. The Balaban J connectivity index is 1.50. The molecule has 120 valence electrons. The van der Waals surface area contributed by atoms with Crippen LogP contribution in [0, 0.1) is 0 Å². The molecule has 2 aliphatic rings. The molecule has 0 aromatic heterocycles. The lowest BCUT2D eigenvalue weighted by atomic mass is 9.90. The van der Waals surface area contributed by atoms with Gasteiger partial charge in [0.05, 0.1) is 0 Å². The third kappa shape index (κ3) is 3.32. The lowest BCUT2D eigenvalue weighted by Crippen LogP contribution is -2.40. The summed E-state index contributed by atoms with van der Waals surface area (Å²) in [6.07, 6.45) is 5.31. The minimum atomic E-state index is 0.632. The first kappa shape index (κ1) is 14.9. The predicted octanol–water partition coefficient (Wildman–Crippen LogP) is 3.74. The summed E-state index contributed by atoms with van der Waals surface area (Å²) < 4.78 is 0. The van der Waals surface area contributed by atoms with Crippen molar-refractivity contribution >= 4 is 0 Å². The van der Waals surface area contributed by atoms with Gasteiger partial charge in [0.2, 0.25) is 0 Å². The maximum absolute atomic E-state index is 3.70.